The van der Waals surface area contributed by atoms with Gasteiger partial charge in [0.25, 0.3) is 0 Å². The highest BCUT2D eigenvalue weighted by atomic mass is 28.2. The normalized spacial score (nSPS) is 11.2. The van der Waals surface area contributed by atoms with E-state index in [1.807, 2.05) is 13.8 Å². The first kappa shape index (κ1) is 16.2. The van der Waals surface area contributed by atoms with Crippen molar-refractivity contribution in [1.29, 1.82) is 0 Å². The van der Waals surface area contributed by atoms with E-state index >= 15 is 0 Å². The molecular formula is C12H22O4Si. The first-order chi connectivity index (χ1) is 8.15. The summed E-state index contributed by atoms with van der Waals surface area (Å²) < 4.78 is 10.9. The minimum absolute atomic E-state index is 0.0600. The minimum Gasteiger partial charge on any atom is -0.357 e. The molecule has 0 N–H and O–H groups in total. The number of ether oxygens (including phenoxy) is 2. The molecule has 0 aliphatic heterocycles. The number of ketones is 2. The smallest absolute Gasteiger partial charge is 0.220 e. The molecular weight excluding hydrogens is 236 g/mol. The standard InChI is InChI=1S/C12H22O4Si/c1-4-10(13)11(14)8-7-9-17-12(15-5-2)16-6-3/h4,12H,1,5-9,17H2,2-3H3. The van der Waals surface area contributed by atoms with Crippen molar-refractivity contribution in [1.82, 2.24) is 0 Å². The monoisotopic (exact) mass is 258 g/mol. The van der Waals surface area contributed by atoms with Gasteiger partial charge in [-0.05, 0) is 26.3 Å². The van der Waals surface area contributed by atoms with E-state index in [-0.39, 0.29) is 11.7 Å². The summed E-state index contributed by atoms with van der Waals surface area (Å²) in [5.74, 6) is -0.897. The Kier molecular flexibility index (Phi) is 9.90. The topological polar surface area (TPSA) is 52.6 Å². The molecule has 0 amide bonds. The number of rotatable bonds is 11. The number of carbonyl (C=O) groups excluding carboxylic acids is 2. The second-order valence-corrected chi connectivity index (χ2v) is 5.53. The van der Waals surface area contributed by atoms with Gasteiger partial charge in [-0.3, -0.25) is 9.59 Å². The van der Waals surface area contributed by atoms with Crippen LogP contribution in [-0.2, 0) is 19.1 Å². The summed E-state index contributed by atoms with van der Waals surface area (Å²) >= 11 is 0. The fourth-order valence-electron chi connectivity index (χ4n) is 1.42. The second-order valence-electron chi connectivity index (χ2n) is 3.58. The van der Waals surface area contributed by atoms with E-state index in [1.54, 1.807) is 0 Å². The summed E-state index contributed by atoms with van der Waals surface area (Å²) in [6.07, 6.45) is 2.12. The molecule has 0 aliphatic rings. The molecule has 98 valence electrons. The van der Waals surface area contributed by atoms with E-state index in [1.165, 1.54) is 0 Å². The van der Waals surface area contributed by atoms with Crippen LogP contribution in [-0.4, -0.2) is 40.2 Å². The first-order valence-corrected chi connectivity index (χ1v) is 7.90. The van der Waals surface area contributed by atoms with Crippen LogP contribution in [0.4, 0.5) is 0 Å². The molecule has 0 unspecified atom stereocenters. The third-order valence-electron chi connectivity index (χ3n) is 2.26. The molecule has 0 saturated carbocycles. The molecule has 4 nitrogen and oxygen atoms in total. The third-order valence-corrected chi connectivity index (χ3v) is 4.11. The highest BCUT2D eigenvalue weighted by Crippen LogP contribution is 2.03. The van der Waals surface area contributed by atoms with E-state index in [4.69, 9.17) is 9.47 Å². The Balaban J connectivity index is 3.70. The molecule has 0 aromatic rings. The molecule has 0 bridgehead atoms. The Morgan fingerprint density at radius 3 is 2.35 bits per heavy atom. The molecule has 0 fully saturated rings. The number of carbonyl (C=O) groups is 2. The third kappa shape index (κ3) is 8.01. The highest BCUT2D eigenvalue weighted by molar-refractivity contribution is 6.41. The van der Waals surface area contributed by atoms with Crippen molar-refractivity contribution in [2.75, 3.05) is 13.2 Å². The van der Waals surface area contributed by atoms with Crippen LogP contribution in [0.1, 0.15) is 26.7 Å². The quantitative estimate of drug-likeness (QED) is 0.183. The van der Waals surface area contributed by atoms with E-state index < -0.39 is 15.3 Å². The van der Waals surface area contributed by atoms with Crippen LogP contribution < -0.4 is 0 Å². The summed E-state index contributed by atoms with van der Waals surface area (Å²) in [6, 6.07) is 0.945. The van der Waals surface area contributed by atoms with Gasteiger partial charge in [0.2, 0.25) is 11.6 Å². The molecule has 0 heterocycles. The predicted octanol–water partition coefficient (Wildman–Crippen LogP) is 1.03. The Labute approximate surface area is 105 Å². The summed E-state index contributed by atoms with van der Waals surface area (Å²) in [7, 11) is -0.504. The summed E-state index contributed by atoms with van der Waals surface area (Å²) in [5, 5.41) is 0. The van der Waals surface area contributed by atoms with Crippen molar-refractivity contribution in [2.24, 2.45) is 0 Å². The lowest BCUT2D eigenvalue weighted by Gasteiger charge is -2.16. The van der Waals surface area contributed by atoms with Gasteiger partial charge in [-0.15, -0.1) is 0 Å². The van der Waals surface area contributed by atoms with Crippen molar-refractivity contribution in [3.8, 4) is 0 Å². The van der Waals surface area contributed by atoms with E-state index in [0.29, 0.717) is 19.6 Å². The molecule has 0 rings (SSSR count). The van der Waals surface area contributed by atoms with Crippen LogP contribution in [0, 0.1) is 0 Å². The number of allylic oxidation sites excluding steroid dienone is 1. The lowest BCUT2D eigenvalue weighted by Crippen LogP contribution is -2.24. The second kappa shape index (κ2) is 10.4. The Hall–Kier alpha value is -0.783. The van der Waals surface area contributed by atoms with Gasteiger partial charge in [-0.1, -0.05) is 12.6 Å². The lowest BCUT2D eigenvalue weighted by molar-refractivity contribution is -0.133. The Morgan fingerprint density at radius 1 is 1.29 bits per heavy atom. The van der Waals surface area contributed by atoms with Crippen molar-refractivity contribution in [2.45, 2.75) is 38.6 Å². The Morgan fingerprint density at radius 2 is 1.88 bits per heavy atom. The van der Waals surface area contributed by atoms with Crippen LogP contribution in [0.2, 0.25) is 6.04 Å². The van der Waals surface area contributed by atoms with Gasteiger partial charge in [0.1, 0.15) is 5.91 Å². The molecule has 0 aliphatic carbocycles. The fraction of sp³-hybridized carbons (Fsp3) is 0.667. The van der Waals surface area contributed by atoms with E-state index in [9.17, 15) is 9.59 Å². The van der Waals surface area contributed by atoms with Crippen molar-refractivity contribution < 1.29 is 19.1 Å². The summed E-state index contributed by atoms with van der Waals surface area (Å²) in [5.41, 5.74) is 0. The van der Waals surface area contributed by atoms with E-state index in [2.05, 4.69) is 6.58 Å². The van der Waals surface area contributed by atoms with Gasteiger partial charge < -0.3 is 9.47 Å². The van der Waals surface area contributed by atoms with Gasteiger partial charge in [0.05, 0.1) is 9.52 Å². The minimum atomic E-state index is -0.504. The van der Waals surface area contributed by atoms with Crippen LogP contribution >= 0.6 is 0 Å². The van der Waals surface area contributed by atoms with Crippen molar-refractivity contribution in [3.05, 3.63) is 12.7 Å². The van der Waals surface area contributed by atoms with Gasteiger partial charge in [-0.2, -0.15) is 0 Å². The average molecular weight is 258 g/mol. The zero-order chi connectivity index (χ0) is 13.1. The van der Waals surface area contributed by atoms with Gasteiger partial charge in [0, 0.05) is 19.6 Å². The van der Waals surface area contributed by atoms with Gasteiger partial charge in [-0.25, -0.2) is 0 Å². The SMILES string of the molecule is C=CC(=O)C(=O)CCC[SiH2]C(OCC)OCC. The molecule has 0 aromatic carbocycles. The highest BCUT2D eigenvalue weighted by Gasteiger charge is 2.11. The summed E-state index contributed by atoms with van der Waals surface area (Å²) in [6.45, 7) is 8.45. The van der Waals surface area contributed by atoms with Crippen molar-refractivity contribution >= 4 is 21.1 Å². The molecule has 0 radical (unpaired) electrons. The number of hydrogen-bond donors (Lipinski definition) is 0. The predicted molar refractivity (Wildman–Crippen MR) is 69.8 cm³/mol. The molecule has 0 atom stereocenters. The molecule has 17 heavy (non-hydrogen) atoms. The summed E-state index contributed by atoms with van der Waals surface area (Å²) in [4.78, 5) is 22.1. The van der Waals surface area contributed by atoms with Crippen LogP contribution in [0.3, 0.4) is 0 Å². The maximum Gasteiger partial charge on any atom is 0.220 e. The van der Waals surface area contributed by atoms with Crippen LogP contribution in [0.15, 0.2) is 12.7 Å². The maximum atomic E-state index is 11.2. The number of Topliss-reactive ketones (excluding diaryl/α,β-unsaturated/α-hetero) is 1. The molecule has 0 saturated heterocycles. The first-order valence-electron chi connectivity index (χ1n) is 6.08. The van der Waals surface area contributed by atoms with Gasteiger partial charge >= 0.3 is 0 Å². The zero-order valence-electron chi connectivity index (χ0n) is 10.7. The molecule has 0 spiro atoms. The Bertz CT molecular complexity index is 247. The van der Waals surface area contributed by atoms with Crippen LogP contribution in [0.5, 0.6) is 0 Å². The van der Waals surface area contributed by atoms with Gasteiger partial charge in [0.15, 0.2) is 0 Å². The lowest BCUT2D eigenvalue weighted by atomic mass is 10.1. The fourth-order valence-corrected chi connectivity index (χ4v) is 3.10. The molecule has 5 heteroatoms. The molecule has 0 aromatic heterocycles. The van der Waals surface area contributed by atoms with Crippen molar-refractivity contribution in [3.63, 3.8) is 0 Å². The maximum absolute atomic E-state index is 11.2. The van der Waals surface area contributed by atoms with E-state index in [0.717, 1.165) is 18.5 Å². The largest absolute Gasteiger partial charge is 0.357 e. The zero-order valence-corrected chi connectivity index (χ0v) is 12.2. The number of hydrogen-bond acceptors (Lipinski definition) is 4. The van der Waals surface area contributed by atoms with Crippen LogP contribution in [0.25, 0.3) is 0 Å². The average Bonchev–Trinajstić information content (AvgIpc) is 2.33.